The summed E-state index contributed by atoms with van der Waals surface area (Å²) in [5.41, 5.74) is 2.52. The summed E-state index contributed by atoms with van der Waals surface area (Å²) in [6.45, 7) is 0. The number of ether oxygens (including phenoxy) is 4. The topological polar surface area (TPSA) is 80.0 Å². The fraction of sp³-hybridized carbons (Fsp3) is 0.154. The molecule has 1 aromatic heterocycles. The Balaban J connectivity index is 1.91. The van der Waals surface area contributed by atoms with Crippen LogP contribution in [-0.2, 0) is 0 Å². The van der Waals surface area contributed by atoms with Gasteiger partial charge in [0.1, 0.15) is 11.3 Å². The van der Waals surface area contributed by atoms with E-state index in [4.69, 9.17) is 23.4 Å². The van der Waals surface area contributed by atoms with E-state index >= 15 is 0 Å². The normalized spacial score (nSPS) is 11.3. The molecule has 7 heteroatoms. The van der Waals surface area contributed by atoms with Gasteiger partial charge in [-0.05, 0) is 36.4 Å². The van der Waals surface area contributed by atoms with Gasteiger partial charge in [0.05, 0.1) is 34.0 Å². The Labute approximate surface area is 191 Å². The molecule has 0 saturated heterocycles. The van der Waals surface area contributed by atoms with Crippen LogP contribution in [0.3, 0.4) is 0 Å². The van der Waals surface area contributed by atoms with Gasteiger partial charge in [0, 0.05) is 11.1 Å². The third-order valence-electron chi connectivity index (χ3n) is 5.13. The summed E-state index contributed by atoms with van der Waals surface area (Å²) in [6, 6.07) is 17.9. The highest BCUT2D eigenvalue weighted by Crippen LogP contribution is 2.39. The first-order valence-electron chi connectivity index (χ1n) is 10.1. The number of carbonyl (C=O) groups is 1. The minimum atomic E-state index is -0.327. The molecule has 0 aliphatic heterocycles. The Kier molecular flexibility index (Phi) is 6.31. The Morgan fingerprint density at radius 2 is 1.45 bits per heavy atom. The van der Waals surface area contributed by atoms with Crippen LogP contribution < -0.4 is 18.9 Å². The first-order valence-corrected chi connectivity index (χ1v) is 10.1. The lowest BCUT2D eigenvalue weighted by Gasteiger charge is -2.14. The molecule has 4 aromatic rings. The summed E-state index contributed by atoms with van der Waals surface area (Å²) in [6.07, 6.45) is 1.70. The Hall–Kier alpha value is -4.26. The van der Waals surface area contributed by atoms with Crippen LogP contribution in [0.15, 0.2) is 65.1 Å². The second-order valence-electron chi connectivity index (χ2n) is 7.03. The molecular formula is C26H23NO6. The van der Waals surface area contributed by atoms with Crippen molar-refractivity contribution < 1.29 is 28.2 Å². The predicted octanol–water partition coefficient (Wildman–Crippen LogP) is 5.29. The maximum Gasteiger partial charge on any atom is 0.231 e. The van der Waals surface area contributed by atoms with E-state index in [-0.39, 0.29) is 17.2 Å². The van der Waals surface area contributed by atoms with Crippen LogP contribution in [0.5, 0.6) is 23.0 Å². The lowest BCUT2D eigenvalue weighted by Crippen LogP contribution is -2.06. The zero-order valence-electron chi connectivity index (χ0n) is 18.7. The fourth-order valence-corrected chi connectivity index (χ4v) is 3.52. The van der Waals surface area contributed by atoms with Gasteiger partial charge in [-0.1, -0.05) is 30.3 Å². The molecule has 0 spiro atoms. The highest BCUT2D eigenvalue weighted by molar-refractivity contribution is 6.32. The molecule has 168 valence electrons. The van der Waals surface area contributed by atoms with E-state index in [9.17, 15) is 4.79 Å². The number of benzene rings is 3. The van der Waals surface area contributed by atoms with Crippen molar-refractivity contribution in [1.82, 2.24) is 4.98 Å². The second-order valence-corrected chi connectivity index (χ2v) is 7.03. The van der Waals surface area contributed by atoms with E-state index < -0.39 is 0 Å². The molecule has 0 fully saturated rings. The summed E-state index contributed by atoms with van der Waals surface area (Å²) >= 11 is 0. The van der Waals surface area contributed by atoms with Crippen LogP contribution in [0.1, 0.15) is 21.8 Å². The van der Waals surface area contributed by atoms with Crippen LogP contribution >= 0.6 is 0 Å². The number of allylic oxidation sites excluding steroid dienone is 1. The van der Waals surface area contributed by atoms with Crippen LogP contribution in [0.25, 0.3) is 22.7 Å². The maximum atomic E-state index is 13.8. The quantitative estimate of drug-likeness (QED) is 0.269. The number of Topliss-reactive ketones (excluding diaryl/α,β-unsaturated/α-hetero) is 1. The zero-order valence-corrected chi connectivity index (χ0v) is 18.7. The standard InChI is InChI=1S/C26H23NO6/c1-29-20-11-7-5-9-16(20)13-18(26-27-19-10-6-8-12-21(19)33-26)24(28)17-14-22(30-2)25(32-4)23(15-17)31-3/h5-15H,1-4H3/b18-13+. The number of oxazole rings is 1. The molecule has 7 nitrogen and oxygen atoms in total. The molecule has 1 heterocycles. The Morgan fingerprint density at radius 1 is 0.818 bits per heavy atom. The highest BCUT2D eigenvalue weighted by atomic mass is 16.5. The van der Waals surface area contributed by atoms with Crippen molar-refractivity contribution in [2.24, 2.45) is 0 Å². The summed E-state index contributed by atoms with van der Waals surface area (Å²) in [5, 5.41) is 0. The number of carbonyl (C=O) groups excluding carboxylic acids is 1. The van der Waals surface area contributed by atoms with Crippen molar-refractivity contribution in [2.75, 3.05) is 28.4 Å². The molecule has 33 heavy (non-hydrogen) atoms. The van der Waals surface area contributed by atoms with E-state index in [1.165, 1.54) is 21.3 Å². The third kappa shape index (κ3) is 4.25. The van der Waals surface area contributed by atoms with Crippen molar-refractivity contribution in [2.45, 2.75) is 0 Å². The summed E-state index contributed by atoms with van der Waals surface area (Å²) in [7, 11) is 6.08. The van der Waals surface area contributed by atoms with Gasteiger partial charge in [-0.15, -0.1) is 0 Å². The highest BCUT2D eigenvalue weighted by Gasteiger charge is 2.24. The largest absolute Gasteiger partial charge is 0.496 e. The summed E-state index contributed by atoms with van der Waals surface area (Å²) < 4.78 is 27.6. The van der Waals surface area contributed by atoms with Gasteiger partial charge in [-0.2, -0.15) is 0 Å². The van der Waals surface area contributed by atoms with E-state index in [1.807, 2.05) is 42.5 Å². The molecule has 0 amide bonds. The minimum Gasteiger partial charge on any atom is -0.496 e. The third-order valence-corrected chi connectivity index (χ3v) is 5.13. The van der Waals surface area contributed by atoms with Crippen LogP contribution in [0.2, 0.25) is 0 Å². The molecule has 4 rings (SSSR count). The van der Waals surface area contributed by atoms with E-state index in [1.54, 1.807) is 31.4 Å². The van der Waals surface area contributed by atoms with Gasteiger partial charge in [0.25, 0.3) is 0 Å². The smallest absolute Gasteiger partial charge is 0.231 e. The SMILES string of the molecule is COc1ccccc1/C=C(\C(=O)c1cc(OC)c(OC)c(OC)c1)c1nc2ccccc2o1. The molecular weight excluding hydrogens is 422 g/mol. The predicted molar refractivity (Wildman–Crippen MR) is 125 cm³/mol. The first kappa shape index (κ1) is 22.0. The first-order chi connectivity index (χ1) is 16.1. The Bertz CT molecular complexity index is 1280. The number of ketones is 1. The average Bonchev–Trinajstić information content (AvgIpc) is 3.30. The lowest BCUT2D eigenvalue weighted by molar-refractivity contribution is 0.105. The van der Waals surface area contributed by atoms with Gasteiger partial charge in [-0.3, -0.25) is 4.79 Å². The fourth-order valence-electron chi connectivity index (χ4n) is 3.52. The van der Waals surface area contributed by atoms with Crippen molar-refractivity contribution in [3.63, 3.8) is 0 Å². The number of nitrogens with zero attached hydrogens (tertiary/aromatic N) is 1. The van der Waals surface area contributed by atoms with Crippen molar-refractivity contribution in [3.8, 4) is 23.0 Å². The van der Waals surface area contributed by atoms with Crippen molar-refractivity contribution in [1.29, 1.82) is 0 Å². The van der Waals surface area contributed by atoms with Crippen molar-refractivity contribution in [3.05, 3.63) is 77.7 Å². The number of hydrogen-bond acceptors (Lipinski definition) is 7. The average molecular weight is 445 g/mol. The number of rotatable bonds is 8. The van der Waals surface area contributed by atoms with Crippen LogP contribution in [0.4, 0.5) is 0 Å². The summed E-state index contributed by atoms with van der Waals surface area (Å²) in [5.74, 6) is 1.62. The van der Waals surface area contributed by atoms with Gasteiger partial charge < -0.3 is 23.4 Å². The number of aromatic nitrogens is 1. The van der Waals surface area contributed by atoms with E-state index in [0.717, 1.165) is 0 Å². The molecule has 0 aliphatic carbocycles. The Morgan fingerprint density at radius 3 is 2.09 bits per heavy atom. The number of hydrogen-bond donors (Lipinski definition) is 0. The zero-order chi connectivity index (χ0) is 23.4. The molecule has 0 N–H and O–H groups in total. The molecule has 0 radical (unpaired) electrons. The van der Waals surface area contributed by atoms with Crippen LogP contribution in [0, 0.1) is 0 Å². The number of methoxy groups -OCH3 is 4. The minimum absolute atomic E-state index is 0.195. The molecule has 3 aromatic carbocycles. The number of para-hydroxylation sites is 3. The van der Waals surface area contributed by atoms with Gasteiger partial charge >= 0.3 is 0 Å². The molecule has 0 aliphatic rings. The van der Waals surface area contributed by atoms with Gasteiger partial charge in [0.15, 0.2) is 22.9 Å². The summed E-state index contributed by atoms with van der Waals surface area (Å²) in [4.78, 5) is 18.3. The van der Waals surface area contributed by atoms with Gasteiger partial charge in [0.2, 0.25) is 11.6 Å². The van der Waals surface area contributed by atoms with Gasteiger partial charge in [-0.25, -0.2) is 4.98 Å². The molecule has 0 saturated carbocycles. The number of fused-ring (bicyclic) bond motifs is 1. The van der Waals surface area contributed by atoms with Crippen molar-refractivity contribution >= 4 is 28.5 Å². The monoisotopic (exact) mass is 445 g/mol. The van der Waals surface area contributed by atoms with Crippen LogP contribution in [-0.4, -0.2) is 39.2 Å². The van der Waals surface area contributed by atoms with E-state index in [2.05, 4.69) is 4.98 Å². The molecule has 0 bridgehead atoms. The molecule has 0 unspecified atom stereocenters. The van der Waals surface area contributed by atoms with E-state index in [0.29, 0.717) is 45.2 Å². The second kappa shape index (κ2) is 9.48. The maximum absolute atomic E-state index is 13.8. The lowest BCUT2D eigenvalue weighted by atomic mass is 9.99. The molecule has 0 atom stereocenters.